The SMILES string of the molecule is O=C(Cn1cc2c(n1)CCCCC2)Nc1ccc(Cl)cc1C(=O)c1ccccc1. The van der Waals surface area contributed by atoms with Crippen molar-refractivity contribution >= 4 is 29.0 Å². The Labute approximate surface area is 174 Å². The molecule has 1 aliphatic carbocycles. The van der Waals surface area contributed by atoms with Gasteiger partial charge < -0.3 is 5.32 Å². The smallest absolute Gasteiger partial charge is 0.246 e. The number of benzene rings is 2. The molecule has 0 spiro atoms. The summed E-state index contributed by atoms with van der Waals surface area (Å²) >= 11 is 6.11. The van der Waals surface area contributed by atoms with Crippen LogP contribution in [-0.4, -0.2) is 21.5 Å². The average molecular weight is 408 g/mol. The van der Waals surface area contributed by atoms with Crippen molar-refractivity contribution < 1.29 is 9.59 Å². The second kappa shape index (κ2) is 8.62. The number of carbonyl (C=O) groups is 2. The Morgan fingerprint density at radius 2 is 1.83 bits per heavy atom. The van der Waals surface area contributed by atoms with Gasteiger partial charge in [0.1, 0.15) is 6.54 Å². The van der Waals surface area contributed by atoms with Crippen LogP contribution in [0.1, 0.15) is 46.4 Å². The van der Waals surface area contributed by atoms with Gasteiger partial charge in [-0.1, -0.05) is 48.4 Å². The molecule has 0 saturated carbocycles. The van der Waals surface area contributed by atoms with Crippen LogP contribution in [0.15, 0.2) is 54.7 Å². The molecule has 2 aromatic carbocycles. The molecule has 0 fully saturated rings. The van der Waals surface area contributed by atoms with Gasteiger partial charge in [-0.2, -0.15) is 5.10 Å². The van der Waals surface area contributed by atoms with Crippen molar-refractivity contribution in [2.45, 2.75) is 38.6 Å². The number of ketones is 1. The Morgan fingerprint density at radius 3 is 2.66 bits per heavy atom. The van der Waals surface area contributed by atoms with Crippen LogP contribution < -0.4 is 5.32 Å². The molecule has 0 saturated heterocycles. The molecule has 6 heteroatoms. The zero-order chi connectivity index (χ0) is 20.2. The van der Waals surface area contributed by atoms with Gasteiger partial charge in [-0.3, -0.25) is 14.3 Å². The van der Waals surface area contributed by atoms with Crippen molar-refractivity contribution in [1.29, 1.82) is 0 Å². The molecule has 5 nitrogen and oxygen atoms in total. The normalized spacial score (nSPS) is 13.4. The summed E-state index contributed by atoms with van der Waals surface area (Å²) in [4.78, 5) is 25.5. The summed E-state index contributed by atoms with van der Waals surface area (Å²) in [5.74, 6) is -0.415. The van der Waals surface area contributed by atoms with Gasteiger partial charge in [0.2, 0.25) is 5.91 Å². The number of hydrogen-bond acceptors (Lipinski definition) is 3. The predicted octanol–water partition coefficient (Wildman–Crippen LogP) is 4.68. The Morgan fingerprint density at radius 1 is 1.03 bits per heavy atom. The third-order valence-electron chi connectivity index (χ3n) is 5.13. The van der Waals surface area contributed by atoms with E-state index < -0.39 is 0 Å². The summed E-state index contributed by atoms with van der Waals surface area (Å²) in [5, 5.41) is 7.87. The van der Waals surface area contributed by atoms with Gasteiger partial charge in [0, 0.05) is 22.3 Å². The molecule has 0 unspecified atom stereocenters. The van der Waals surface area contributed by atoms with Crippen LogP contribution in [0.2, 0.25) is 5.02 Å². The van der Waals surface area contributed by atoms with Gasteiger partial charge in [-0.05, 0) is 49.4 Å². The van der Waals surface area contributed by atoms with Gasteiger partial charge in [0.25, 0.3) is 0 Å². The van der Waals surface area contributed by atoms with Gasteiger partial charge in [-0.25, -0.2) is 0 Å². The first-order valence-corrected chi connectivity index (χ1v) is 10.2. The topological polar surface area (TPSA) is 64.0 Å². The number of hydrogen-bond donors (Lipinski definition) is 1. The second-order valence-electron chi connectivity index (χ2n) is 7.29. The van der Waals surface area contributed by atoms with E-state index in [1.807, 2.05) is 12.3 Å². The molecular formula is C23H22ClN3O2. The highest BCUT2D eigenvalue weighted by Crippen LogP contribution is 2.24. The van der Waals surface area contributed by atoms with Crippen molar-refractivity contribution in [2.24, 2.45) is 0 Å². The molecule has 4 rings (SSSR count). The van der Waals surface area contributed by atoms with E-state index in [0.717, 1.165) is 25.0 Å². The van der Waals surface area contributed by atoms with E-state index in [1.165, 1.54) is 18.4 Å². The second-order valence-corrected chi connectivity index (χ2v) is 7.73. The number of nitrogens with one attached hydrogen (secondary N) is 1. The van der Waals surface area contributed by atoms with Crippen molar-refractivity contribution in [1.82, 2.24) is 9.78 Å². The number of fused-ring (bicyclic) bond motifs is 1. The van der Waals surface area contributed by atoms with Gasteiger partial charge in [0.15, 0.2) is 5.78 Å². The van der Waals surface area contributed by atoms with Gasteiger partial charge in [-0.15, -0.1) is 0 Å². The molecule has 3 aromatic rings. The number of amides is 1. The van der Waals surface area contributed by atoms with E-state index in [9.17, 15) is 9.59 Å². The van der Waals surface area contributed by atoms with Crippen molar-refractivity contribution in [3.8, 4) is 0 Å². The van der Waals surface area contributed by atoms with Crippen LogP contribution in [-0.2, 0) is 24.2 Å². The van der Waals surface area contributed by atoms with E-state index in [2.05, 4.69) is 10.4 Å². The molecule has 29 heavy (non-hydrogen) atoms. The zero-order valence-corrected chi connectivity index (χ0v) is 16.8. The van der Waals surface area contributed by atoms with Crippen LogP contribution in [0.25, 0.3) is 0 Å². The summed E-state index contributed by atoms with van der Waals surface area (Å²) in [5.41, 5.74) is 3.69. The fourth-order valence-corrected chi connectivity index (χ4v) is 3.85. The quantitative estimate of drug-likeness (QED) is 0.493. The number of aryl methyl sites for hydroxylation is 2. The fourth-order valence-electron chi connectivity index (χ4n) is 3.68. The summed E-state index contributed by atoms with van der Waals surface area (Å²) in [6, 6.07) is 13.8. The Hall–Kier alpha value is -2.92. The molecule has 1 aromatic heterocycles. The van der Waals surface area contributed by atoms with Gasteiger partial charge >= 0.3 is 0 Å². The largest absolute Gasteiger partial charge is 0.324 e. The van der Waals surface area contributed by atoms with E-state index in [0.29, 0.717) is 21.8 Å². The highest BCUT2D eigenvalue weighted by atomic mass is 35.5. The maximum absolute atomic E-state index is 12.9. The highest BCUT2D eigenvalue weighted by Gasteiger charge is 2.17. The minimum absolute atomic E-state index is 0.106. The molecule has 0 radical (unpaired) electrons. The minimum atomic E-state index is -0.230. The summed E-state index contributed by atoms with van der Waals surface area (Å²) in [7, 11) is 0. The Balaban J connectivity index is 1.52. The Kier molecular flexibility index (Phi) is 5.76. The first-order valence-electron chi connectivity index (χ1n) is 9.84. The molecular weight excluding hydrogens is 386 g/mol. The molecule has 0 aliphatic heterocycles. The molecule has 0 bridgehead atoms. The zero-order valence-electron chi connectivity index (χ0n) is 16.0. The lowest BCUT2D eigenvalue weighted by atomic mass is 10.0. The number of carbonyl (C=O) groups excluding carboxylic acids is 2. The maximum Gasteiger partial charge on any atom is 0.246 e. The Bertz CT molecular complexity index is 1020. The molecule has 1 amide bonds. The van der Waals surface area contributed by atoms with E-state index in [4.69, 9.17) is 11.6 Å². The van der Waals surface area contributed by atoms with E-state index in [1.54, 1.807) is 47.1 Å². The van der Waals surface area contributed by atoms with E-state index in [-0.39, 0.29) is 18.2 Å². The van der Waals surface area contributed by atoms with Gasteiger partial charge in [0.05, 0.1) is 11.4 Å². The maximum atomic E-state index is 12.9. The lowest BCUT2D eigenvalue weighted by molar-refractivity contribution is -0.116. The molecule has 1 N–H and O–H groups in total. The number of rotatable bonds is 5. The third-order valence-corrected chi connectivity index (χ3v) is 5.36. The minimum Gasteiger partial charge on any atom is -0.324 e. The number of nitrogens with zero attached hydrogens (tertiary/aromatic N) is 2. The number of anilines is 1. The monoisotopic (exact) mass is 407 g/mol. The first kappa shape index (κ1) is 19.4. The molecule has 1 heterocycles. The number of aromatic nitrogens is 2. The first-order chi connectivity index (χ1) is 14.1. The summed E-state index contributed by atoms with van der Waals surface area (Å²) in [6.07, 6.45) is 7.50. The van der Waals surface area contributed by atoms with Crippen LogP contribution in [0.4, 0.5) is 5.69 Å². The lowest BCUT2D eigenvalue weighted by Gasteiger charge is -2.11. The van der Waals surface area contributed by atoms with Crippen LogP contribution in [0.3, 0.4) is 0 Å². The number of halogens is 1. The van der Waals surface area contributed by atoms with Crippen molar-refractivity contribution in [3.63, 3.8) is 0 Å². The third kappa shape index (κ3) is 4.57. The summed E-state index contributed by atoms with van der Waals surface area (Å²) < 4.78 is 1.69. The van der Waals surface area contributed by atoms with E-state index >= 15 is 0 Å². The molecule has 1 aliphatic rings. The predicted molar refractivity (Wildman–Crippen MR) is 113 cm³/mol. The van der Waals surface area contributed by atoms with Crippen molar-refractivity contribution in [2.75, 3.05) is 5.32 Å². The average Bonchev–Trinajstić information content (AvgIpc) is 2.97. The lowest BCUT2D eigenvalue weighted by Crippen LogP contribution is -2.21. The molecule has 148 valence electrons. The van der Waals surface area contributed by atoms with Crippen LogP contribution in [0.5, 0.6) is 0 Å². The van der Waals surface area contributed by atoms with Crippen LogP contribution in [0, 0.1) is 0 Å². The van der Waals surface area contributed by atoms with Crippen LogP contribution >= 0.6 is 11.6 Å². The summed E-state index contributed by atoms with van der Waals surface area (Å²) in [6.45, 7) is 0.106. The highest BCUT2D eigenvalue weighted by molar-refractivity contribution is 6.31. The standard InChI is InChI=1S/C23H22ClN3O2/c24-18-11-12-21(19(13-18)23(29)16-7-3-1-4-8-16)25-22(28)15-27-14-17-9-5-2-6-10-20(17)26-27/h1,3-4,7-8,11-14H,2,5-6,9-10,15H2,(H,25,28). The molecule has 0 atom stereocenters. The van der Waals surface area contributed by atoms with Crippen molar-refractivity contribution in [3.05, 3.63) is 82.1 Å². The fraction of sp³-hybridized carbons (Fsp3) is 0.261.